The molecular formula is C30H36N10. The minimum absolute atomic E-state index is 0.629. The second-order valence-corrected chi connectivity index (χ2v) is 10.1. The normalized spacial score (nSPS) is 14.0. The molecule has 3 N–H and O–H groups in total. The van der Waals surface area contributed by atoms with Gasteiger partial charge in [-0.3, -0.25) is 10.1 Å². The van der Waals surface area contributed by atoms with Gasteiger partial charge < -0.3 is 10.6 Å². The van der Waals surface area contributed by atoms with Crippen molar-refractivity contribution in [3.63, 3.8) is 0 Å². The lowest BCUT2D eigenvalue weighted by Gasteiger charge is -2.08. The van der Waals surface area contributed by atoms with Crippen molar-refractivity contribution in [3.05, 3.63) is 89.9 Å². The largest absolute Gasteiger partial charge is 0.323 e. The summed E-state index contributed by atoms with van der Waals surface area (Å²) in [5, 5.41) is 18.5. The topological polar surface area (TPSA) is 122 Å². The minimum Gasteiger partial charge on any atom is -0.323 e. The number of rotatable bonds is 12. The number of allylic oxidation sites excluding steroid dienone is 1. The van der Waals surface area contributed by atoms with Crippen LogP contribution in [0.25, 0.3) is 11.4 Å². The van der Waals surface area contributed by atoms with E-state index in [2.05, 4.69) is 58.5 Å². The number of pyridine rings is 1. The molecule has 0 bridgehead atoms. The summed E-state index contributed by atoms with van der Waals surface area (Å²) in [5.74, 6) is 3.54. The van der Waals surface area contributed by atoms with Gasteiger partial charge in [0.15, 0.2) is 11.6 Å². The SMILES string of the molecule is C=C/C(=C\N=C(/C)n1ccc(C2CC2)n1)CCNCCc1ccc(-c2nc(C)cc(Nc3cc(C)[nH]n3)n2)cn1. The van der Waals surface area contributed by atoms with Gasteiger partial charge in [0, 0.05) is 72.3 Å². The van der Waals surface area contributed by atoms with E-state index in [0.29, 0.717) is 17.6 Å². The average Bonchev–Trinajstić information content (AvgIpc) is 3.54. The quantitative estimate of drug-likeness (QED) is 0.0978. The summed E-state index contributed by atoms with van der Waals surface area (Å²) in [7, 11) is 0. The summed E-state index contributed by atoms with van der Waals surface area (Å²) in [6.45, 7) is 11.5. The zero-order valence-electron chi connectivity index (χ0n) is 23.4. The Hall–Kier alpha value is -4.44. The third kappa shape index (κ3) is 7.35. The van der Waals surface area contributed by atoms with E-state index >= 15 is 0 Å². The molecular weight excluding hydrogens is 500 g/mol. The van der Waals surface area contributed by atoms with Crippen LogP contribution in [-0.2, 0) is 6.42 Å². The summed E-state index contributed by atoms with van der Waals surface area (Å²) < 4.78 is 1.85. The van der Waals surface area contributed by atoms with Crippen molar-refractivity contribution in [2.45, 2.75) is 52.4 Å². The zero-order chi connectivity index (χ0) is 27.9. The molecule has 0 aromatic carbocycles. The van der Waals surface area contributed by atoms with Crippen molar-refractivity contribution >= 4 is 17.5 Å². The number of hydrogen-bond acceptors (Lipinski definition) is 8. The minimum atomic E-state index is 0.629. The maximum absolute atomic E-state index is 4.65. The molecule has 1 saturated carbocycles. The molecule has 0 spiro atoms. The summed E-state index contributed by atoms with van der Waals surface area (Å²) in [6.07, 6.45) is 11.7. The Kier molecular flexibility index (Phi) is 8.56. The number of anilines is 2. The van der Waals surface area contributed by atoms with E-state index in [1.54, 1.807) is 0 Å². The van der Waals surface area contributed by atoms with Crippen LogP contribution in [0.5, 0.6) is 0 Å². The predicted molar refractivity (Wildman–Crippen MR) is 159 cm³/mol. The smallest absolute Gasteiger partial charge is 0.163 e. The lowest BCUT2D eigenvalue weighted by atomic mass is 10.2. The van der Waals surface area contributed by atoms with Gasteiger partial charge in [-0.25, -0.2) is 19.6 Å². The van der Waals surface area contributed by atoms with E-state index in [-0.39, 0.29) is 0 Å². The van der Waals surface area contributed by atoms with E-state index in [4.69, 9.17) is 0 Å². The van der Waals surface area contributed by atoms with Gasteiger partial charge in [0.2, 0.25) is 0 Å². The van der Waals surface area contributed by atoms with Crippen molar-refractivity contribution in [2.24, 2.45) is 4.99 Å². The van der Waals surface area contributed by atoms with Gasteiger partial charge in [-0.05, 0) is 70.4 Å². The summed E-state index contributed by atoms with van der Waals surface area (Å²) >= 11 is 0. The third-order valence-electron chi connectivity index (χ3n) is 6.66. The Bertz CT molecular complexity index is 1510. The monoisotopic (exact) mass is 536 g/mol. The Labute approximate surface area is 234 Å². The van der Waals surface area contributed by atoms with Gasteiger partial charge in [-0.2, -0.15) is 10.2 Å². The Balaban J connectivity index is 1.08. The van der Waals surface area contributed by atoms with Crippen LogP contribution in [0.2, 0.25) is 0 Å². The van der Waals surface area contributed by atoms with Crippen molar-refractivity contribution in [1.29, 1.82) is 0 Å². The first-order valence-electron chi connectivity index (χ1n) is 13.7. The maximum atomic E-state index is 4.65. The first-order chi connectivity index (χ1) is 19.5. The first kappa shape index (κ1) is 27.1. The van der Waals surface area contributed by atoms with Crippen LogP contribution in [0, 0.1) is 13.8 Å². The number of aliphatic imine (C=N–C) groups is 1. The highest BCUT2D eigenvalue weighted by atomic mass is 15.3. The maximum Gasteiger partial charge on any atom is 0.163 e. The second-order valence-electron chi connectivity index (χ2n) is 10.1. The molecule has 40 heavy (non-hydrogen) atoms. The van der Waals surface area contributed by atoms with E-state index in [1.165, 1.54) is 18.5 Å². The molecule has 0 aliphatic heterocycles. The van der Waals surface area contributed by atoms with Gasteiger partial charge in [0.1, 0.15) is 11.7 Å². The summed E-state index contributed by atoms with van der Waals surface area (Å²) in [6, 6.07) is 9.97. The number of H-pyrrole nitrogens is 1. The molecule has 10 heteroatoms. The van der Waals surface area contributed by atoms with E-state index in [0.717, 1.165) is 65.8 Å². The van der Waals surface area contributed by atoms with E-state index in [1.807, 2.05) is 74.4 Å². The molecule has 1 fully saturated rings. The number of nitrogens with one attached hydrogen (secondary N) is 3. The molecule has 4 heterocycles. The van der Waals surface area contributed by atoms with Crippen LogP contribution in [0.4, 0.5) is 11.6 Å². The lowest BCUT2D eigenvalue weighted by Crippen LogP contribution is -2.19. The molecule has 5 rings (SSSR count). The summed E-state index contributed by atoms with van der Waals surface area (Å²) in [4.78, 5) is 18.5. The lowest BCUT2D eigenvalue weighted by molar-refractivity contribution is 0.676. The molecule has 1 aliphatic carbocycles. The van der Waals surface area contributed by atoms with Crippen LogP contribution in [0.15, 0.2) is 72.1 Å². The highest BCUT2D eigenvalue weighted by molar-refractivity contribution is 5.81. The van der Waals surface area contributed by atoms with Crippen LogP contribution in [-0.4, -0.2) is 53.9 Å². The molecule has 4 aromatic heterocycles. The second kappa shape index (κ2) is 12.6. The molecule has 0 unspecified atom stereocenters. The number of aromatic amines is 1. The average molecular weight is 537 g/mol. The molecule has 206 valence electrons. The molecule has 10 nitrogen and oxygen atoms in total. The number of nitrogens with zero attached hydrogens (tertiary/aromatic N) is 7. The standard InChI is InChI=1S/C30H36N10/c1-5-23(18-32-22(4)40-15-12-27(39-40)24-6-7-24)10-13-31-14-11-26-9-8-25(19-33-26)30-34-20(2)16-28(36-30)35-29-17-21(3)37-38-29/h5,8-9,12,15-19,24,31H,1,6-7,10-11,13-14H2,2-4H3,(H2,34,35,36,37,38)/b23-18+,32-22+. The van der Waals surface area contributed by atoms with Crippen molar-refractivity contribution in [1.82, 2.24) is 40.2 Å². The van der Waals surface area contributed by atoms with Gasteiger partial charge in [-0.15, -0.1) is 0 Å². The van der Waals surface area contributed by atoms with Gasteiger partial charge in [0.05, 0.1) is 5.69 Å². The molecule has 0 radical (unpaired) electrons. The molecule has 4 aromatic rings. The fourth-order valence-electron chi connectivity index (χ4n) is 4.22. The van der Waals surface area contributed by atoms with Crippen LogP contribution in [0.1, 0.15) is 54.9 Å². The van der Waals surface area contributed by atoms with Crippen molar-refractivity contribution in [3.8, 4) is 11.4 Å². The van der Waals surface area contributed by atoms with Crippen LogP contribution < -0.4 is 10.6 Å². The van der Waals surface area contributed by atoms with Crippen LogP contribution >= 0.6 is 0 Å². The fourth-order valence-corrected chi connectivity index (χ4v) is 4.22. The Morgan fingerprint density at radius 1 is 1.15 bits per heavy atom. The Morgan fingerprint density at radius 2 is 2.02 bits per heavy atom. The van der Waals surface area contributed by atoms with Gasteiger partial charge in [-0.1, -0.05) is 12.7 Å². The van der Waals surface area contributed by atoms with E-state index < -0.39 is 0 Å². The van der Waals surface area contributed by atoms with Crippen molar-refractivity contribution in [2.75, 3.05) is 18.4 Å². The molecule has 1 aliphatic rings. The fraction of sp³-hybridized carbons (Fsp3) is 0.333. The van der Waals surface area contributed by atoms with Crippen LogP contribution in [0.3, 0.4) is 0 Å². The predicted octanol–water partition coefficient (Wildman–Crippen LogP) is 5.25. The molecule has 0 atom stereocenters. The highest BCUT2D eigenvalue weighted by Gasteiger charge is 2.25. The summed E-state index contributed by atoms with van der Waals surface area (Å²) in [5.41, 5.74) is 5.98. The van der Waals surface area contributed by atoms with Crippen molar-refractivity contribution < 1.29 is 0 Å². The number of hydrogen-bond donors (Lipinski definition) is 3. The van der Waals surface area contributed by atoms with E-state index in [9.17, 15) is 0 Å². The third-order valence-corrected chi connectivity index (χ3v) is 6.66. The first-order valence-corrected chi connectivity index (χ1v) is 13.7. The van der Waals surface area contributed by atoms with Gasteiger partial charge in [0.25, 0.3) is 0 Å². The number of aromatic nitrogens is 7. The van der Waals surface area contributed by atoms with Gasteiger partial charge >= 0.3 is 0 Å². The molecule has 0 amide bonds. The number of aryl methyl sites for hydroxylation is 2. The Morgan fingerprint density at radius 3 is 2.75 bits per heavy atom. The molecule has 0 saturated heterocycles. The highest BCUT2D eigenvalue weighted by Crippen LogP contribution is 2.38. The zero-order valence-corrected chi connectivity index (χ0v) is 23.4.